The molecular formula is C42H32N2. The van der Waals surface area contributed by atoms with Crippen molar-refractivity contribution in [3.05, 3.63) is 193 Å². The van der Waals surface area contributed by atoms with Gasteiger partial charge in [0.25, 0.3) is 0 Å². The maximum atomic E-state index is 2.30. The van der Waals surface area contributed by atoms with Crippen LogP contribution in [-0.4, -0.2) is 0 Å². The van der Waals surface area contributed by atoms with Gasteiger partial charge in [-0.2, -0.15) is 0 Å². The summed E-state index contributed by atoms with van der Waals surface area (Å²) >= 11 is 0. The van der Waals surface area contributed by atoms with Crippen LogP contribution in [-0.2, 0) is 0 Å². The zero-order valence-corrected chi connectivity index (χ0v) is 24.4. The zero-order valence-electron chi connectivity index (χ0n) is 24.4. The van der Waals surface area contributed by atoms with Crippen LogP contribution in [0.3, 0.4) is 0 Å². The summed E-state index contributed by atoms with van der Waals surface area (Å²) in [5, 5.41) is 2.43. The van der Waals surface area contributed by atoms with Crippen molar-refractivity contribution in [2.75, 3.05) is 9.80 Å². The second kappa shape index (κ2) is 12.6. The lowest BCUT2D eigenvalue weighted by molar-refractivity contribution is 1.28. The number of benzene rings is 7. The Labute approximate surface area is 259 Å². The Bertz CT molecular complexity index is 1900. The fraction of sp³-hybridized carbons (Fsp3) is 0. The minimum Gasteiger partial charge on any atom is -0.311 e. The van der Waals surface area contributed by atoms with Gasteiger partial charge in [0, 0.05) is 34.1 Å². The van der Waals surface area contributed by atoms with E-state index >= 15 is 0 Å². The van der Waals surface area contributed by atoms with E-state index in [1.54, 1.807) is 0 Å². The smallest absolute Gasteiger partial charge is 0.0468 e. The molecule has 0 saturated heterocycles. The third kappa shape index (κ3) is 5.88. The highest BCUT2D eigenvalue weighted by Gasteiger charge is 2.13. The van der Waals surface area contributed by atoms with Crippen molar-refractivity contribution in [2.24, 2.45) is 0 Å². The van der Waals surface area contributed by atoms with Gasteiger partial charge in [0.15, 0.2) is 0 Å². The molecule has 0 fully saturated rings. The Morgan fingerprint density at radius 2 is 0.614 bits per heavy atom. The van der Waals surface area contributed by atoms with Crippen molar-refractivity contribution in [3.63, 3.8) is 0 Å². The molecule has 44 heavy (non-hydrogen) atoms. The van der Waals surface area contributed by atoms with E-state index in [1.165, 1.54) is 16.3 Å². The summed E-state index contributed by atoms with van der Waals surface area (Å²) in [6.45, 7) is 0. The first-order chi connectivity index (χ1) is 21.8. The Kier molecular flexibility index (Phi) is 7.71. The molecule has 0 radical (unpaired) electrons. The fourth-order valence-corrected chi connectivity index (χ4v) is 5.62. The van der Waals surface area contributed by atoms with E-state index in [2.05, 4.69) is 204 Å². The summed E-state index contributed by atoms with van der Waals surface area (Å²) in [5.74, 6) is 0. The summed E-state index contributed by atoms with van der Waals surface area (Å²) < 4.78 is 0. The highest BCUT2D eigenvalue weighted by Crippen LogP contribution is 2.36. The Hall–Kier alpha value is -5.86. The van der Waals surface area contributed by atoms with E-state index in [0.29, 0.717) is 0 Å². The van der Waals surface area contributed by atoms with Crippen LogP contribution in [0.5, 0.6) is 0 Å². The predicted molar refractivity (Wildman–Crippen MR) is 189 cm³/mol. The van der Waals surface area contributed by atoms with Gasteiger partial charge in [0.05, 0.1) is 0 Å². The molecule has 0 aliphatic carbocycles. The molecule has 7 rings (SSSR count). The van der Waals surface area contributed by atoms with E-state index in [-0.39, 0.29) is 0 Å². The lowest BCUT2D eigenvalue weighted by Crippen LogP contribution is -2.09. The molecule has 0 aromatic heterocycles. The molecule has 0 saturated carbocycles. The van der Waals surface area contributed by atoms with Crippen LogP contribution in [0.2, 0.25) is 0 Å². The van der Waals surface area contributed by atoms with Gasteiger partial charge in [-0.1, -0.05) is 115 Å². The highest BCUT2D eigenvalue weighted by molar-refractivity contribution is 5.91. The van der Waals surface area contributed by atoms with Crippen LogP contribution in [0, 0.1) is 0 Å². The average molecular weight is 565 g/mol. The third-order valence-corrected chi connectivity index (χ3v) is 7.78. The zero-order chi connectivity index (χ0) is 29.6. The summed E-state index contributed by atoms with van der Waals surface area (Å²) in [5.41, 5.74) is 9.14. The monoisotopic (exact) mass is 564 g/mol. The highest BCUT2D eigenvalue weighted by atomic mass is 15.1. The summed E-state index contributed by atoms with van der Waals surface area (Å²) in [4.78, 5) is 4.58. The average Bonchev–Trinajstić information content (AvgIpc) is 3.10. The lowest BCUT2D eigenvalue weighted by atomic mass is 10.0. The Morgan fingerprint density at radius 1 is 0.273 bits per heavy atom. The first kappa shape index (κ1) is 27.0. The number of para-hydroxylation sites is 4. The molecule has 0 unspecified atom stereocenters. The van der Waals surface area contributed by atoms with E-state index < -0.39 is 0 Å². The van der Waals surface area contributed by atoms with Crippen molar-refractivity contribution < 1.29 is 0 Å². The second-order valence-corrected chi connectivity index (χ2v) is 10.7. The molecule has 0 N–H and O–H groups in total. The molecule has 2 heteroatoms. The van der Waals surface area contributed by atoms with Gasteiger partial charge < -0.3 is 9.80 Å². The van der Waals surface area contributed by atoms with E-state index in [1.807, 2.05) is 0 Å². The third-order valence-electron chi connectivity index (χ3n) is 7.78. The van der Waals surface area contributed by atoms with Crippen molar-refractivity contribution >= 4 is 57.0 Å². The molecule has 0 amide bonds. The summed E-state index contributed by atoms with van der Waals surface area (Å²) in [7, 11) is 0. The van der Waals surface area contributed by atoms with Crippen LogP contribution in [0.1, 0.15) is 11.1 Å². The predicted octanol–water partition coefficient (Wildman–Crippen LogP) is 11.9. The maximum Gasteiger partial charge on any atom is 0.0468 e. The number of fused-ring (bicyclic) bond motifs is 1. The van der Waals surface area contributed by atoms with Crippen LogP contribution in [0.4, 0.5) is 34.1 Å². The molecule has 0 spiro atoms. The van der Waals surface area contributed by atoms with Gasteiger partial charge in [-0.05, 0) is 101 Å². The van der Waals surface area contributed by atoms with Gasteiger partial charge in [-0.15, -0.1) is 0 Å². The lowest BCUT2D eigenvalue weighted by Gasteiger charge is -2.25. The van der Waals surface area contributed by atoms with Crippen LogP contribution >= 0.6 is 0 Å². The Balaban J connectivity index is 1.14. The van der Waals surface area contributed by atoms with E-state index in [0.717, 1.165) is 39.7 Å². The molecular weight excluding hydrogens is 532 g/mol. The largest absolute Gasteiger partial charge is 0.311 e. The number of hydrogen-bond donors (Lipinski definition) is 0. The van der Waals surface area contributed by atoms with Crippen molar-refractivity contribution in [1.29, 1.82) is 0 Å². The molecule has 7 aromatic carbocycles. The van der Waals surface area contributed by atoms with Crippen molar-refractivity contribution in [3.8, 4) is 0 Å². The normalized spacial score (nSPS) is 11.1. The molecule has 210 valence electrons. The minimum atomic E-state index is 1.13. The van der Waals surface area contributed by atoms with E-state index in [4.69, 9.17) is 0 Å². The number of anilines is 6. The van der Waals surface area contributed by atoms with Gasteiger partial charge in [0.1, 0.15) is 0 Å². The standard InChI is InChI=1S/C42H32N2/c1-5-13-37(14-6-1)43(38-15-7-2-8-16-38)41-28-24-33(25-29-41)21-22-34-23-26-36-32-42(30-27-35(36)31-34)44(39-17-9-3-10-18-39)40-19-11-4-12-20-40/h1-32H. The number of nitrogens with zero attached hydrogens (tertiary/aromatic N) is 2. The summed E-state index contributed by atoms with van der Waals surface area (Å²) in [6.07, 6.45) is 4.37. The first-order valence-corrected chi connectivity index (χ1v) is 14.9. The van der Waals surface area contributed by atoms with Gasteiger partial charge in [-0.25, -0.2) is 0 Å². The van der Waals surface area contributed by atoms with E-state index in [9.17, 15) is 0 Å². The SMILES string of the molecule is C(=Cc1ccc2cc(N(c3ccccc3)c3ccccc3)ccc2c1)c1ccc(N(c2ccccc2)c2ccccc2)cc1. The topological polar surface area (TPSA) is 6.48 Å². The van der Waals surface area contributed by atoms with Crippen LogP contribution < -0.4 is 9.80 Å². The quantitative estimate of drug-likeness (QED) is 0.169. The minimum absolute atomic E-state index is 1.13. The molecule has 0 aliphatic rings. The molecule has 2 nitrogen and oxygen atoms in total. The number of hydrogen-bond acceptors (Lipinski definition) is 2. The van der Waals surface area contributed by atoms with Gasteiger partial charge >= 0.3 is 0 Å². The fourth-order valence-electron chi connectivity index (χ4n) is 5.62. The van der Waals surface area contributed by atoms with Gasteiger partial charge in [-0.3, -0.25) is 0 Å². The molecule has 7 aromatic rings. The maximum absolute atomic E-state index is 2.30. The molecule has 0 heterocycles. The van der Waals surface area contributed by atoms with Gasteiger partial charge in [0.2, 0.25) is 0 Å². The molecule has 0 aliphatic heterocycles. The second-order valence-electron chi connectivity index (χ2n) is 10.7. The summed E-state index contributed by atoms with van der Waals surface area (Å²) in [6, 6.07) is 64.1. The van der Waals surface area contributed by atoms with Crippen LogP contribution in [0.25, 0.3) is 22.9 Å². The number of rotatable bonds is 8. The molecule has 0 bridgehead atoms. The van der Waals surface area contributed by atoms with Crippen molar-refractivity contribution in [1.82, 2.24) is 0 Å². The Morgan fingerprint density at radius 3 is 1.11 bits per heavy atom. The molecule has 0 atom stereocenters. The first-order valence-electron chi connectivity index (χ1n) is 14.9. The van der Waals surface area contributed by atoms with Crippen molar-refractivity contribution in [2.45, 2.75) is 0 Å². The van der Waals surface area contributed by atoms with Crippen LogP contribution in [0.15, 0.2) is 182 Å².